The Hall–Kier alpha value is -3.30. The van der Waals surface area contributed by atoms with Crippen LogP contribution >= 0.6 is 8.03 Å². The van der Waals surface area contributed by atoms with Gasteiger partial charge in [-0.25, -0.2) is 14.2 Å². The van der Waals surface area contributed by atoms with Crippen LogP contribution in [0.25, 0.3) is 22.4 Å². The SMILES string of the molecule is C#CC(C(=O)Oc1c(C2CC2)nc(-c2ccccc2)c(C)c1-c1ccc(F)cc1)(C(C)O)[PH](=O)OC. The maximum atomic E-state index is 13.8. The molecular weight excluding hydrogens is 480 g/mol. The molecule has 1 aliphatic carbocycles. The van der Waals surface area contributed by atoms with Crippen LogP contribution in [0.15, 0.2) is 54.6 Å². The molecule has 2 aromatic carbocycles. The second kappa shape index (κ2) is 10.4. The van der Waals surface area contributed by atoms with Gasteiger partial charge in [0, 0.05) is 24.2 Å². The first-order chi connectivity index (χ1) is 17.2. The van der Waals surface area contributed by atoms with Gasteiger partial charge in [-0.1, -0.05) is 48.4 Å². The van der Waals surface area contributed by atoms with E-state index in [1.165, 1.54) is 19.1 Å². The van der Waals surface area contributed by atoms with Crippen LogP contribution in [0.2, 0.25) is 0 Å². The number of carbonyl (C=O) groups is 1. The number of carbonyl (C=O) groups excluding carboxylic acids is 1. The fourth-order valence-electron chi connectivity index (χ4n) is 4.25. The highest BCUT2D eigenvalue weighted by Crippen LogP contribution is 2.51. The fourth-order valence-corrected chi connectivity index (χ4v) is 5.25. The van der Waals surface area contributed by atoms with E-state index in [-0.39, 0.29) is 11.7 Å². The van der Waals surface area contributed by atoms with Crippen molar-refractivity contribution in [3.05, 3.63) is 71.7 Å². The standard InChI is InChI=1S/C28H27FNO5P/c1-5-28(18(3)31,36(33)34-4)27(32)35-26-23(19-13-15-22(29)16-14-19)17(2)24(20-9-7-6-8-10-20)30-25(26)21-11-12-21/h1,6-10,13-16,18,21,31,36H,11-12H2,2-4H3. The molecule has 3 atom stereocenters. The van der Waals surface area contributed by atoms with E-state index in [9.17, 15) is 18.9 Å². The Morgan fingerprint density at radius 2 is 1.83 bits per heavy atom. The van der Waals surface area contributed by atoms with Crippen molar-refractivity contribution in [3.8, 4) is 40.5 Å². The Balaban J connectivity index is 1.97. The number of esters is 1. The van der Waals surface area contributed by atoms with Crippen LogP contribution in [0.5, 0.6) is 5.75 Å². The van der Waals surface area contributed by atoms with Crippen molar-refractivity contribution in [2.24, 2.45) is 0 Å². The van der Waals surface area contributed by atoms with Gasteiger partial charge in [0.15, 0.2) is 5.75 Å². The van der Waals surface area contributed by atoms with Gasteiger partial charge in [0.2, 0.25) is 13.2 Å². The summed E-state index contributed by atoms with van der Waals surface area (Å²) in [7, 11) is -2.08. The third-order valence-corrected chi connectivity index (χ3v) is 8.23. The van der Waals surface area contributed by atoms with E-state index in [0.29, 0.717) is 28.1 Å². The van der Waals surface area contributed by atoms with Gasteiger partial charge in [-0.05, 0) is 49.9 Å². The van der Waals surface area contributed by atoms with Gasteiger partial charge < -0.3 is 14.4 Å². The zero-order valence-electron chi connectivity index (χ0n) is 20.2. The molecule has 1 heterocycles. The second-order valence-corrected chi connectivity index (χ2v) is 10.6. The summed E-state index contributed by atoms with van der Waals surface area (Å²) in [6.45, 7) is 3.12. The smallest absolute Gasteiger partial charge is 0.342 e. The number of pyridine rings is 1. The average Bonchev–Trinajstić information content (AvgIpc) is 3.71. The van der Waals surface area contributed by atoms with E-state index < -0.39 is 31.1 Å². The predicted molar refractivity (Wildman–Crippen MR) is 137 cm³/mol. The lowest BCUT2D eigenvalue weighted by Crippen LogP contribution is -2.46. The van der Waals surface area contributed by atoms with Crippen LogP contribution < -0.4 is 4.74 Å². The quantitative estimate of drug-likeness (QED) is 0.246. The van der Waals surface area contributed by atoms with Crippen molar-refractivity contribution < 1.29 is 28.1 Å². The lowest BCUT2D eigenvalue weighted by atomic mass is 9.93. The van der Waals surface area contributed by atoms with Crippen molar-refractivity contribution >= 4 is 14.0 Å². The topological polar surface area (TPSA) is 85.7 Å². The Bertz CT molecular complexity index is 1350. The minimum atomic E-state index is -3.24. The number of halogens is 1. The van der Waals surface area contributed by atoms with Gasteiger partial charge in [0.05, 0.1) is 17.5 Å². The number of aromatic nitrogens is 1. The summed E-state index contributed by atoms with van der Waals surface area (Å²) in [6, 6.07) is 15.4. The molecule has 186 valence electrons. The van der Waals surface area contributed by atoms with Crippen LogP contribution in [0.3, 0.4) is 0 Å². The average molecular weight is 507 g/mol. The van der Waals surface area contributed by atoms with Gasteiger partial charge in [-0.2, -0.15) is 0 Å². The highest BCUT2D eigenvalue weighted by atomic mass is 31.1. The highest BCUT2D eigenvalue weighted by Gasteiger charge is 2.50. The molecule has 3 aromatic rings. The number of nitrogens with zero attached hydrogens (tertiary/aromatic N) is 1. The second-order valence-electron chi connectivity index (χ2n) is 8.83. The number of hydrogen-bond acceptors (Lipinski definition) is 6. The summed E-state index contributed by atoms with van der Waals surface area (Å²) in [5.74, 6) is 0.915. The van der Waals surface area contributed by atoms with E-state index in [4.69, 9.17) is 20.7 Å². The molecule has 8 heteroatoms. The van der Waals surface area contributed by atoms with Gasteiger partial charge in [-0.15, -0.1) is 6.42 Å². The lowest BCUT2D eigenvalue weighted by molar-refractivity contribution is -0.138. The molecule has 1 aliphatic rings. The van der Waals surface area contributed by atoms with Crippen molar-refractivity contribution in [3.63, 3.8) is 0 Å². The fraction of sp³-hybridized carbons (Fsp3) is 0.286. The van der Waals surface area contributed by atoms with Crippen molar-refractivity contribution in [2.45, 2.75) is 43.9 Å². The van der Waals surface area contributed by atoms with E-state index in [2.05, 4.69) is 5.92 Å². The minimum Gasteiger partial charge on any atom is -0.422 e. The van der Waals surface area contributed by atoms with Gasteiger partial charge >= 0.3 is 5.97 Å². The van der Waals surface area contributed by atoms with Crippen molar-refractivity contribution in [2.75, 3.05) is 7.11 Å². The normalized spacial score (nSPS) is 16.4. The van der Waals surface area contributed by atoms with Crippen LogP contribution in [-0.2, 0) is 13.9 Å². The summed E-state index contributed by atoms with van der Waals surface area (Å²) in [5.41, 5.74) is 4.02. The van der Waals surface area contributed by atoms with Gasteiger partial charge in [0.25, 0.3) is 0 Å². The Kier molecular flexibility index (Phi) is 7.42. The minimum absolute atomic E-state index is 0.0429. The Labute approximate surface area is 210 Å². The Morgan fingerprint density at radius 1 is 1.19 bits per heavy atom. The third kappa shape index (κ3) is 4.60. The number of hydrogen-bond donors (Lipinski definition) is 1. The maximum absolute atomic E-state index is 13.8. The zero-order chi connectivity index (χ0) is 26.0. The van der Waals surface area contributed by atoms with Gasteiger partial charge in [0.1, 0.15) is 5.82 Å². The molecule has 0 saturated heterocycles. The van der Waals surface area contributed by atoms with Crippen LogP contribution in [-0.4, -0.2) is 34.4 Å². The number of aliphatic hydroxyl groups is 1. The molecule has 3 unspecified atom stereocenters. The predicted octanol–water partition coefficient (Wildman–Crippen LogP) is 5.52. The number of aliphatic hydroxyl groups excluding tert-OH is 1. The number of terminal acetylenes is 1. The molecule has 1 aromatic heterocycles. The highest BCUT2D eigenvalue weighted by molar-refractivity contribution is 7.43. The van der Waals surface area contributed by atoms with Crippen LogP contribution in [0, 0.1) is 25.1 Å². The van der Waals surface area contributed by atoms with Crippen molar-refractivity contribution in [1.29, 1.82) is 0 Å². The van der Waals surface area contributed by atoms with E-state index in [1.807, 2.05) is 37.3 Å². The lowest BCUT2D eigenvalue weighted by Gasteiger charge is -2.28. The summed E-state index contributed by atoms with van der Waals surface area (Å²) in [4.78, 5) is 18.5. The largest absolute Gasteiger partial charge is 0.422 e. The molecule has 1 fully saturated rings. The van der Waals surface area contributed by atoms with Crippen LogP contribution in [0.4, 0.5) is 4.39 Å². The van der Waals surface area contributed by atoms with Gasteiger partial charge in [-0.3, -0.25) is 4.57 Å². The molecule has 6 nitrogen and oxygen atoms in total. The molecule has 0 aliphatic heterocycles. The third-order valence-electron chi connectivity index (χ3n) is 6.44. The molecule has 0 spiro atoms. The molecular formula is C28H27FNO5P. The Morgan fingerprint density at radius 3 is 2.36 bits per heavy atom. The molecule has 0 amide bonds. The molecule has 1 N–H and O–H groups in total. The molecule has 36 heavy (non-hydrogen) atoms. The first-order valence-corrected chi connectivity index (χ1v) is 12.9. The molecule has 0 radical (unpaired) electrons. The zero-order valence-corrected chi connectivity index (χ0v) is 21.2. The first kappa shape index (κ1) is 25.8. The first-order valence-electron chi connectivity index (χ1n) is 11.6. The molecule has 1 saturated carbocycles. The maximum Gasteiger partial charge on any atom is 0.342 e. The van der Waals surface area contributed by atoms with E-state index >= 15 is 0 Å². The van der Waals surface area contributed by atoms with E-state index in [1.54, 1.807) is 12.1 Å². The number of rotatable bonds is 8. The van der Waals surface area contributed by atoms with Crippen molar-refractivity contribution in [1.82, 2.24) is 4.98 Å². The summed E-state index contributed by atoms with van der Waals surface area (Å²) >= 11 is 0. The van der Waals surface area contributed by atoms with E-state index in [0.717, 1.165) is 25.5 Å². The summed E-state index contributed by atoms with van der Waals surface area (Å²) in [6.07, 6.45) is 5.82. The molecule has 4 rings (SSSR count). The summed E-state index contributed by atoms with van der Waals surface area (Å²) < 4.78 is 37.4. The number of benzene rings is 2. The van der Waals surface area contributed by atoms with Crippen LogP contribution in [0.1, 0.15) is 36.9 Å². The monoisotopic (exact) mass is 507 g/mol. The summed E-state index contributed by atoms with van der Waals surface area (Å²) in [5, 5.41) is 8.22. The number of ether oxygens (including phenoxy) is 1. The molecule has 0 bridgehead atoms.